The smallest absolute Gasteiger partial charge is 0.251 e. The van der Waals surface area contributed by atoms with Crippen molar-refractivity contribution in [3.8, 4) is 5.75 Å². The van der Waals surface area contributed by atoms with Crippen LogP contribution in [0.3, 0.4) is 0 Å². The minimum atomic E-state index is -0.373. The van der Waals surface area contributed by atoms with E-state index in [0.29, 0.717) is 18.7 Å². The first-order valence-corrected chi connectivity index (χ1v) is 10.2. The van der Waals surface area contributed by atoms with Gasteiger partial charge < -0.3 is 14.6 Å². The Morgan fingerprint density at radius 2 is 1.81 bits per heavy atom. The van der Waals surface area contributed by atoms with E-state index in [2.05, 4.69) is 27.9 Å². The zero-order valence-electron chi connectivity index (χ0n) is 17.6. The molecule has 0 bridgehead atoms. The maximum Gasteiger partial charge on any atom is 0.251 e. The number of ether oxygens (including phenoxy) is 1. The van der Waals surface area contributed by atoms with Crippen molar-refractivity contribution < 1.29 is 13.9 Å². The number of fused-ring (bicyclic) bond motifs is 1. The van der Waals surface area contributed by atoms with Gasteiger partial charge in [-0.2, -0.15) is 0 Å². The summed E-state index contributed by atoms with van der Waals surface area (Å²) < 4.78 is 21.2. The number of aromatic nitrogens is 2. The molecule has 1 N–H and O–H groups in total. The van der Waals surface area contributed by atoms with E-state index in [1.165, 1.54) is 29.8 Å². The average Bonchev–Trinajstić information content (AvgIpc) is 3.13. The number of nitrogens with zero attached hydrogens (tertiary/aromatic N) is 2. The number of carbonyl (C=O) groups excluding carboxylic acids is 1. The molecule has 0 saturated carbocycles. The van der Waals surface area contributed by atoms with Crippen molar-refractivity contribution in [3.05, 3.63) is 95.1 Å². The molecule has 0 radical (unpaired) electrons. The number of hydrogen-bond donors (Lipinski definition) is 1. The van der Waals surface area contributed by atoms with Gasteiger partial charge in [-0.05, 0) is 67.4 Å². The van der Waals surface area contributed by atoms with Crippen LogP contribution in [0.5, 0.6) is 5.75 Å². The predicted molar refractivity (Wildman–Crippen MR) is 119 cm³/mol. The van der Waals surface area contributed by atoms with Gasteiger partial charge in [-0.15, -0.1) is 0 Å². The van der Waals surface area contributed by atoms with Gasteiger partial charge in [-0.3, -0.25) is 4.79 Å². The van der Waals surface area contributed by atoms with Crippen molar-refractivity contribution in [1.82, 2.24) is 14.9 Å². The zero-order valence-corrected chi connectivity index (χ0v) is 17.6. The Labute approximate surface area is 180 Å². The third kappa shape index (κ3) is 4.58. The molecule has 1 heterocycles. The van der Waals surface area contributed by atoms with Crippen molar-refractivity contribution in [3.63, 3.8) is 0 Å². The highest BCUT2D eigenvalue weighted by Crippen LogP contribution is 2.21. The van der Waals surface area contributed by atoms with Gasteiger partial charge in [0.2, 0.25) is 0 Å². The summed E-state index contributed by atoms with van der Waals surface area (Å²) in [6, 6.07) is 19.3. The van der Waals surface area contributed by atoms with Gasteiger partial charge in [-0.25, -0.2) is 9.37 Å². The number of aryl methyl sites for hydroxylation is 1. The van der Waals surface area contributed by atoms with Crippen LogP contribution in [-0.4, -0.2) is 22.1 Å². The molecule has 0 aliphatic heterocycles. The molecular formula is C25H24FN3O2. The Hall–Kier alpha value is -3.67. The number of halogens is 1. The first-order chi connectivity index (χ1) is 15.0. The molecule has 31 heavy (non-hydrogen) atoms. The summed E-state index contributed by atoms with van der Waals surface area (Å²) in [5, 5.41) is 2.88. The number of benzene rings is 3. The predicted octanol–water partition coefficient (Wildman–Crippen LogP) is 4.80. The van der Waals surface area contributed by atoms with E-state index < -0.39 is 0 Å². The lowest BCUT2D eigenvalue weighted by molar-refractivity contribution is 0.0949. The third-order valence-corrected chi connectivity index (χ3v) is 5.37. The molecule has 4 aromatic rings. The summed E-state index contributed by atoms with van der Waals surface area (Å²) in [7, 11) is 0. The number of carbonyl (C=O) groups is 1. The van der Waals surface area contributed by atoms with Crippen molar-refractivity contribution in [1.29, 1.82) is 0 Å². The minimum Gasteiger partial charge on any atom is -0.491 e. The highest BCUT2D eigenvalue weighted by molar-refractivity contribution is 5.94. The van der Waals surface area contributed by atoms with Gasteiger partial charge in [0.1, 0.15) is 24.0 Å². The lowest BCUT2D eigenvalue weighted by Crippen LogP contribution is -2.25. The highest BCUT2D eigenvalue weighted by Gasteiger charge is 2.13. The van der Waals surface area contributed by atoms with Crippen LogP contribution in [0.25, 0.3) is 11.0 Å². The van der Waals surface area contributed by atoms with Crippen molar-refractivity contribution >= 4 is 16.9 Å². The third-order valence-electron chi connectivity index (χ3n) is 5.37. The minimum absolute atomic E-state index is 0.258. The van der Waals surface area contributed by atoms with Gasteiger partial charge in [0.15, 0.2) is 0 Å². The van der Waals surface area contributed by atoms with Gasteiger partial charge in [-0.1, -0.05) is 24.3 Å². The number of amides is 1. The number of para-hydroxylation sites is 2. The van der Waals surface area contributed by atoms with E-state index in [1.807, 2.05) is 43.3 Å². The normalized spacial score (nSPS) is 10.9. The summed E-state index contributed by atoms with van der Waals surface area (Å²) >= 11 is 0. The van der Waals surface area contributed by atoms with Gasteiger partial charge >= 0.3 is 0 Å². The molecule has 0 fully saturated rings. The molecular weight excluding hydrogens is 393 g/mol. The average molecular weight is 417 g/mol. The lowest BCUT2D eigenvalue weighted by Gasteiger charge is -2.13. The largest absolute Gasteiger partial charge is 0.491 e. The summed E-state index contributed by atoms with van der Waals surface area (Å²) in [6.45, 7) is 5.44. The van der Waals surface area contributed by atoms with E-state index in [9.17, 15) is 9.18 Å². The molecule has 5 nitrogen and oxygen atoms in total. The molecule has 1 amide bonds. The Balaban J connectivity index is 1.49. The van der Waals surface area contributed by atoms with Gasteiger partial charge in [0, 0.05) is 5.56 Å². The molecule has 0 unspecified atom stereocenters. The summed E-state index contributed by atoms with van der Waals surface area (Å²) in [5.41, 5.74) is 4.57. The molecule has 0 aliphatic rings. The summed E-state index contributed by atoms with van der Waals surface area (Å²) in [5.74, 6) is 0.962. The van der Waals surface area contributed by atoms with Crippen molar-refractivity contribution in [2.45, 2.75) is 26.9 Å². The number of imidazole rings is 1. The number of rotatable bonds is 7. The maximum absolute atomic E-state index is 13.1. The molecule has 1 aromatic heterocycles. The van der Waals surface area contributed by atoms with Gasteiger partial charge in [0.25, 0.3) is 5.91 Å². The number of hydrogen-bond acceptors (Lipinski definition) is 3. The van der Waals surface area contributed by atoms with Crippen LogP contribution in [0, 0.1) is 19.7 Å². The molecule has 158 valence electrons. The van der Waals surface area contributed by atoms with Crippen LogP contribution in [0.2, 0.25) is 0 Å². The van der Waals surface area contributed by atoms with Gasteiger partial charge in [0.05, 0.1) is 24.1 Å². The molecule has 0 aliphatic carbocycles. The van der Waals surface area contributed by atoms with Crippen molar-refractivity contribution in [2.24, 2.45) is 0 Å². The Morgan fingerprint density at radius 3 is 2.61 bits per heavy atom. The van der Waals surface area contributed by atoms with Crippen LogP contribution in [0.15, 0.2) is 66.7 Å². The Bertz CT molecular complexity index is 1220. The summed E-state index contributed by atoms with van der Waals surface area (Å²) in [4.78, 5) is 17.1. The second-order valence-electron chi connectivity index (χ2n) is 7.40. The van der Waals surface area contributed by atoms with Crippen LogP contribution in [0.1, 0.15) is 27.3 Å². The highest BCUT2D eigenvalue weighted by atomic mass is 19.1. The molecule has 4 rings (SSSR count). The molecule has 0 atom stereocenters. The first kappa shape index (κ1) is 20.6. The first-order valence-electron chi connectivity index (χ1n) is 10.2. The van der Waals surface area contributed by atoms with E-state index in [1.54, 1.807) is 0 Å². The van der Waals surface area contributed by atoms with E-state index in [-0.39, 0.29) is 18.3 Å². The SMILES string of the molecule is Cc1cccc(OCCn2c(CNC(=O)c3ccc(F)cc3)nc3ccccc32)c1C. The van der Waals surface area contributed by atoms with Crippen LogP contribution >= 0.6 is 0 Å². The van der Waals surface area contributed by atoms with E-state index in [0.717, 1.165) is 28.2 Å². The number of nitrogens with one attached hydrogen (secondary N) is 1. The second kappa shape index (κ2) is 9.00. The van der Waals surface area contributed by atoms with Crippen LogP contribution < -0.4 is 10.1 Å². The topological polar surface area (TPSA) is 56.1 Å². The Kier molecular flexibility index (Phi) is 5.98. The fourth-order valence-electron chi connectivity index (χ4n) is 3.50. The lowest BCUT2D eigenvalue weighted by atomic mass is 10.1. The molecule has 0 spiro atoms. The molecule has 0 saturated heterocycles. The standard InChI is InChI=1S/C25H24FN3O2/c1-17-6-5-9-23(18(17)2)31-15-14-29-22-8-4-3-7-21(22)28-24(29)16-27-25(30)19-10-12-20(26)13-11-19/h3-13H,14-16H2,1-2H3,(H,27,30). The second-order valence-corrected chi connectivity index (χ2v) is 7.40. The summed E-state index contributed by atoms with van der Waals surface area (Å²) in [6.07, 6.45) is 0. The van der Waals surface area contributed by atoms with E-state index >= 15 is 0 Å². The fraction of sp³-hybridized carbons (Fsp3) is 0.200. The monoisotopic (exact) mass is 417 g/mol. The van der Waals surface area contributed by atoms with Crippen molar-refractivity contribution in [2.75, 3.05) is 6.61 Å². The zero-order chi connectivity index (χ0) is 21.8. The maximum atomic E-state index is 13.1. The van der Waals surface area contributed by atoms with Crippen LogP contribution in [-0.2, 0) is 13.1 Å². The molecule has 3 aromatic carbocycles. The van der Waals surface area contributed by atoms with E-state index in [4.69, 9.17) is 4.74 Å². The van der Waals surface area contributed by atoms with Crippen LogP contribution in [0.4, 0.5) is 4.39 Å². The Morgan fingerprint density at radius 1 is 1.03 bits per heavy atom. The quantitative estimate of drug-likeness (QED) is 0.470. The molecule has 6 heteroatoms. The fourth-order valence-corrected chi connectivity index (χ4v) is 3.50.